The lowest BCUT2D eigenvalue weighted by molar-refractivity contribution is -0.147. The molecule has 0 aliphatic carbocycles. The van der Waals surface area contributed by atoms with E-state index < -0.39 is 0 Å². The van der Waals surface area contributed by atoms with Gasteiger partial charge in [-0.2, -0.15) is 0 Å². The van der Waals surface area contributed by atoms with Gasteiger partial charge in [0.25, 0.3) is 0 Å². The molecule has 3 aliphatic rings. The van der Waals surface area contributed by atoms with Gasteiger partial charge in [-0.25, -0.2) is 0 Å². The van der Waals surface area contributed by atoms with Crippen molar-refractivity contribution in [3.63, 3.8) is 0 Å². The van der Waals surface area contributed by atoms with Crippen molar-refractivity contribution < 1.29 is 14.3 Å². The van der Waals surface area contributed by atoms with Crippen molar-refractivity contribution in [3.8, 4) is 10.6 Å². The molecule has 0 radical (unpaired) electrons. The molecule has 28 heavy (non-hydrogen) atoms. The first kappa shape index (κ1) is 18.2. The summed E-state index contributed by atoms with van der Waals surface area (Å²) in [5.74, 6) is 0.440. The van der Waals surface area contributed by atoms with Gasteiger partial charge in [0, 0.05) is 55.9 Å². The topological polar surface area (TPSA) is 64.5 Å². The maximum atomic E-state index is 12.9. The van der Waals surface area contributed by atoms with Gasteiger partial charge in [0.1, 0.15) is 0 Å². The van der Waals surface area contributed by atoms with Gasteiger partial charge in [0.15, 0.2) is 0 Å². The van der Waals surface area contributed by atoms with Crippen molar-refractivity contribution >= 4 is 17.2 Å². The number of nitrogens with zero attached hydrogens (tertiary/aromatic N) is 3. The van der Waals surface area contributed by atoms with E-state index in [4.69, 9.17) is 9.47 Å². The van der Waals surface area contributed by atoms with E-state index in [1.165, 1.54) is 10.4 Å². The van der Waals surface area contributed by atoms with Gasteiger partial charge in [-0.3, -0.25) is 14.8 Å². The minimum Gasteiger partial charge on any atom is -0.381 e. The van der Waals surface area contributed by atoms with Gasteiger partial charge >= 0.3 is 0 Å². The Labute approximate surface area is 168 Å². The number of fused-ring (bicyclic) bond motifs is 2. The maximum Gasteiger partial charge on any atom is 0.225 e. The number of rotatable bonds is 2. The van der Waals surface area contributed by atoms with Gasteiger partial charge in [-0.05, 0) is 37.3 Å². The van der Waals surface area contributed by atoms with Crippen LogP contribution in [0.25, 0.3) is 10.6 Å². The standard InChI is InChI=1S/C21H25N3O3S/c25-20(15-1-10-26-11-2-15)24-8-4-21(5-9-24)16-13-19(17-14-22-6-7-23-17)28-18(16)3-12-27-21/h6-7,13-15H,1-5,8-12H2. The molecule has 0 atom stereocenters. The minimum atomic E-state index is -0.253. The summed E-state index contributed by atoms with van der Waals surface area (Å²) in [6.45, 7) is 3.71. The first-order chi connectivity index (χ1) is 13.8. The number of likely N-dealkylation sites (tertiary alicyclic amines) is 1. The van der Waals surface area contributed by atoms with E-state index in [0.29, 0.717) is 19.1 Å². The smallest absolute Gasteiger partial charge is 0.225 e. The van der Waals surface area contributed by atoms with Gasteiger partial charge < -0.3 is 14.4 Å². The minimum absolute atomic E-state index is 0.134. The number of thiophene rings is 1. The molecule has 5 rings (SSSR count). The van der Waals surface area contributed by atoms with Crippen LogP contribution in [0.1, 0.15) is 36.1 Å². The highest BCUT2D eigenvalue weighted by atomic mass is 32.1. The van der Waals surface area contributed by atoms with Crippen LogP contribution in [0.2, 0.25) is 0 Å². The van der Waals surface area contributed by atoms with Crippen LogP contribution in [0.4, 0.5) is 0 Å². The van der Waals surface area contributed by atoms with Crippen molar-refractivity contribution in [1.29, 1.82) is 0 Å². The van der Waals surface area contributed by atoms with Crippen LogP contribution in [-0.4, -0.2) is 53.7 Å². The van der Waals surface area contributed by atoms with Crippen molar-refractivity contribution in [2.75, 3.05) is 32.9 Å². The molecule has 0 aromatic carbocycles. The Morgan fingerprint density at radius 1 is 1.18 bits per heavy atom. The summed E-state index contributed by atoms with van der Waals surface area (Å²) in [7, 11) is 0. The second-order valence-corrected chi connectivity index (χ2v) is 8.98. The van der Waals surface area contributed by atoms with E-state index in [-0.39, 0.29) is 11.5 Å². The zero-order valence-corrected chi connectivity index (χ0v) is 16.7. The number of aromatic nitrogens is 2. The molecule has 7 heteroatoms. The Morgan fingerprint density at radius 2 is 2.00 bits per heavy atom. The molecule has 6 nitrogen and oxygen atoms in total. The van der Waals surface area contributed by atoms with Crippen molar-refractivity contribution in [2.45, 2.75) is 37.7 Å². The van der Waals surface area contributed by atoms with Gasteiger partial charge in [0.05, 0.1) is 29.0 Å². The zero-order chi connectivity index (χ0) is 19.0. The summed E-state index contributed by atoms with van der Waals surface area (Å²) in [5, 5.41) is 0. The highest BCUT2D eigenvalue weighted by Crippen LogP contribution is 2.46. The van der Waals surface area contributed by atoms with Crippen LogP contribution >= 0.6 is 11.3 Å². The monoisotopic (exact) mass is 399 g/mol. The first-order valence-electron chi connectivity index (χ1n) is 10.2. The molecule has 2 fully saturated rings. The summed E-state index contributed by atoms with van der Waals surface area (Å²) < 4.78 is 11.8. The summed E-state index contributed by atoms with van der Waals surface area (Å²) >= 11 is 1.81. The molecule has 1 spiro atoms. The SMILES string of the molecule is O=C(C1CCOCC1)N1CCC2(CC1)OCCc1sc(-c3cnccn3)cc12. The van der Waals surface area contributed by atoms with E-state index in [9.17, 15) is 4.79 Å². The third kappa shape index (κ3) is 3.25. The van der Waals surface area contributed by atoms with E-state index in [1.54, 1.807) is 12.4 Å². The third-order valence-electron chi connectivity index (χ3n) is 6.28. The largest absolute Gasteiger partial charge is 0.381 e. The molecular weight excluding hydrogens is 374 g/mol. The number of amides is 1. The summed E-state index contributed by atoms with van der Waals surface area (Å²) in [6, 6.07) is 2.25. The summed E-state index contributed by atoms with van der Waals surface area (Å²) in [6.07, 6.45) is 9.65. The van der Waals surface area contributed by atoms with Crippen LogP contribution in [0.5, 0.6) is 0 Å². The van der Waals surface area contributed by atoms with Crippen molar-refractivity contribution in [1.82, 2.24) is 14.9 Å². The number of hydrogen-bond acceptors (Lipinski definition) is 6. The van der Waals surface area contributed by atoms with Gasteiger partial charge in [-0.1, -0.05) is 0 Å². The van der Waals surface area contributed by atoms with E-state index in [0.717, 1.165) is 62.4 Å². The second-order valence-electron chi connectivity index (χ2n) is 7.84. The normalized spacial score (nSPS) is 22.2. The Balaban J connectivity index is 1.34. The molecule has 2 saturated heterocycles. The summed E-state index contributed by atoms with van der Waals surface area (Å²) in [5.41, 5.74) is 1.98. The quantitative estimate of drug-likeness (QED) is 0.777. The van der Waals surface area contributed by atoms with Crippen LogP contribution in [0.15, 0.2) is 24.7 Å². The fourth-order valence-electron chi connectivity index (χ4n) is 4.67. The molecule has 0 bridgehead atoms. The molecule has 0 unspecified atom stereocenters. The lowest BCUT2D eigenvalue weighted by atomic mass is 9.81. The fraction of sp³-hybridized carbons (Fsp3) is 0.571. The molecular formula is C21H25N3O3S. The average Bonchev–Trinajstić information content (AvgIpc) is 3.21. The van der Waals surface area contributed by atoms with Crippen molar-refractivity contribution in [3.05, 3.63) is 35.1 Å². The van der Waals surface area contributed by atoms with E-state index >= 15 is 0 Å². The maximum absolute atomic E-state index is 12.9. The Kier molecular flexibility index (Phi) is 4.90. The predicted octanol–water partition coefficient (Wildman–Crippen LogP) is 3.02. The van der Waals surface area contributed by atoms with Gasteiger partial charge in [-0.15, -0.1) is 11.3 Å². The first-order valence-corrected chi connectivity index (χ1v) is 11.0. The average molecular weight is 400 g/mol. The van der Waals surface area contributed by atoms with Crippen LogP contribution in [-0.2, 0) is 26.3 Å². The van der Waals surface area contributed by atoms with Crippen LogP contribution < -0.4 is 0 Å². The molecule has 0 saturated carbocycles. The van der Waals surface area contributed by atoms with E-state index in [1.807, 2.05) is 17.5 Å². The number of ether oxygens (including phenoxy) is 2. The number of hydrogen-bond donors (Lipinski definition) is 0. The molecule has 3 aliphatic heterocycles. The Hall–Kier alpha value is -1.83. The molecule has 2 aromatic heterocycles. The van der Waals surface area contributed by atoms with Crippen molar-refractivity contribution in [2.24, 2.45) is 5.92 Å². The molecule has 2 aromatic rings. The predicted molar refractivity (Wildman–Crippen MR) is 106 cm³/mol. The van der Waals surface area contributed by atoms with E-state index in [2.05, 4.69) is 20.9 Å². The highest BCUT2D eigenvalue weighted by molar-refractivity contribution is 7.15. The Morgan fingerprint density at radius 3 is 2.75 bits per heavy atom. The summed E-state index contributed by atoms with van der Waals surface area (Å²) in [4.78, 5) is 26.1. The molecule has 0 N–H and O–H groups in total. The molecule has 1 amide bonds. The van der Waals surface area contributed by atoms with Crippen LogP contribution in [0.3, 0.4) is 0 Å². The highest BCUT2D eigenvalue weighted by Gasteiger charge is 2.43. The molecule has 5 heterocycles. The Bertz CT molecular complexity index is 840. The third-order valence-corrected chi connectivity index (χ3v) is 7.49. The molecule has 148 valence electrons. The number of piperidine rings is 1. The lowest BCUT2D eigenvalue weighted by Crippen LogP contribution is -2.49. The zero-order valence-electron chi connectivity index (χ0n) is 15.9. The second kappa shape index (κ2) is 7.54. The lowest BCUT2D eigenvalue weighted by Gasteiger charge is -2.44. The fourth-order valence-corrected chi connectivity index (χ4v) is 5.87. The van der Waals surface area contributed by atoms with Crippen LogP contribution in [0, 0.1) is 5.92 Å². The number of carbonyl (C=O) groups excluding carboxylic acids is 1. The number of carbonyl (C=O) groups is 1. The van der Waals surface area contributed by atoms with Gasteiger partial charge in [0.2, 0.25) is 5.91 Å².